The molecule has 2 N–H and O–H groups in total. The molecule has 0 unspecified atom stereocenters. The van der Waals surface area contributed by atoms with Crippen molar-refractivity contribution in [1.82, 2.24) is 5.32 Å². The molecule has 6 heteroatoms. The van der Waals surface area contributed by atoms with Gasteiger partial charge in [0.15, 0.2) is 0 Å². The number of amides is 2. The molecule has 0 aliphatic rings. The number of hydrogen-bond acceptors (Lipinski definition) is 4. The van der Waals surface area contributed by atoms with Gasteiger partial charge in [-0.1, -0.05) is 0 Å². The zero-order valence-electron chi connectivity index (χ0n) is 12.2. The van der Waals surface area contributed by atoms with E-state index in [0.717, 1.165) is 5.76 Å². The van der Waals surface area contributed by atoms with E-state index in [1.54, 1.807) is 25.3 Å². The van der Waals surface area contributed by atoms with E-state index >= 15 is 0 Å². The molecule has 0 aliphatic heterocycles. The van der Waals surface area contributed by atoms with Gasteiger partial charge in [-0.25, -0.2) is 4.79 Å². The van der Waals surface area contributed by atoms with Gasteiger partial charge in [0, 0.05) is 6.07 Å². The van der Waals surface area contributed by atoms with E-state index in [1.165, 1.54) is 7.11 Å². The maximum absolute atomic E-state index is 11.9. The lowest BCUT2D eigenvalue weighted by atomic mass is 10.2. The number of ether oxygens (including phenoxy) is 2. The van der Waals surface area contributed by atoms with Crippen molar-refractivity contribution in [3.8, 4) is 11.5 Å². The quantitative estimate of drug-likeness (QED) is 0.888. The molecule has 0 fully saturated rings. The van der Waals surface area contributed by atoms with Gasteiger partial charge in [-0.2, -0.15) is 0 Å². The molecule has 0 saturated heterocycles. The summed E-state index contributed by atoms with van der Waals surface area (Å²) in [6.45, 7) is 2.16. The maximum Gasteiger partial charge on any atom is 0.319 e. The predicted molar refractivity (Wildman–Crippen MR) is 78.8 cm³/mol. The largest absolute Gasteiger partial charge is 0.497 e. The van der Waals surface area contributed by atoms with Crippen LogP contribution >= 0.6 is 0 Å². The van der Waals surface area contributed by atoms with Crippen LogP contribution in [0.2, 0.25) is 0 Å². The Morgan fingerprint density at radius 2 is 2.00 bits per heavy atom. The Morgan fingerprint density at radius 1 is 1.19 bits per heavy atom. The van der Waals surface area contributed by atoms with E-state index in [9.17, 15) is 4.79 Å². The number of anilines is 1. The number of hydrogen-bond donors (Lipinski definition) is 2. The second-order valence-electron chi connectivity index (χ2n) is 4.39. The smallest absolute Gasteiger partial charge is 0.319 e. The van der Waals surface area contributed by atoms with Gasteiger partial charge in [0.05, 0.1) is 26.5 Å². The lowest BCUT2D eigenvalue weighted by molar-refractivity contribution is 0.250. The first kappa shape index (κ1) is 14.8. The molecule has 0 spiro atoms. The average Bonchev–Trinajstić information content (AvgIpc) is 2.90. The van der Waals surface area contributed by atoms with Crippen molar-refractivity contribution in [3.05, 3.63) is 41.9 Å². The van der Waals surface area contributed by atoms with Crippen LogP contribution in [0.15, 0.2) is 34.7 Å². The fraction of sp³-hybridized carbons (Fsp3) is 0.267. The molecule has 2 amide bonds. The van der Waals surface area contributed by atoms with Gasteiger partial charge in [0.1, 0.15) is 23.0 Å². The third-order valence-electron chi connectivity index (χ3n) is 2.87. The molecule has 112 valence electrons. The highest BCUT2D eigenvalue weighted by Gasteiger charge is 2.09. The second-order valence-corrected chi connectivity index (χ2v) is 4.39. The molecule has 6 nitrogen and oxygen atoms in total. The SMILES string of the molecule is COc1ccc(OC)c(NC(=O)NCc2ccc(C)o2)c1. The van der Waals surface area contributed by atoms with E-state index in [-0.39, 0.29) is 6.03 Å². The van der Waals surface area contributed by atoms with Gasteiger partial charge < -0.3 is 24.5 Å². The summed E-state index contributed by atoms with van der Waals surface area (Å²) in [6.07, 6.45) is 0. The fourth-order valence-corrected chi connectivity index (χ4v) is 1.83. The summed E-state index contributed by atoms with van der Waals surface area (Å²) in [4.78, 5) is 11.9. The lowest BCUT2D eigenvalue weighted by Crippen LogP contribution is -2.28. The van der Waals surface area contributed by atoms with E-state index < -0.39 is 0 Å². The second kappa shape index (κ2) is 6.69. The number of benzene rings is 1. The van der Waals surface area contributed by atoms with Crippen LogP contribution in [0.3, 0.4) is 0 Å². The maximum atomic E-state index is 11.9. The molecule has 0 atom stereocenters. The molecule has 0 saturated carbocycles. The van der Waals surface area contributed by atoms with Crippen molar-refractivity contribution in [1.29, 1.82) is 0 Å². The summed E-state index contributed by atoms with van der Waals surface area (Å²) < 4.78 is 15.7. The van der Waals surface area contributed by atoms with Crippen LogP contribution in [-0.2, 0) is 6.54 Å². The number of carbonyl (C=O) groups is 1. The van der Waals surface area contributed by atoms with Crippen molar-refractivity contribution in [2.45, 2.75) is 13.5 Å². The molecule has 0 aliphatic carbocycles. The van der Waals surface area contributed by atoms with Crippen LogP contribution in [0.25, 0.3) is 0 Å². The summed E-state index contributed by atoms with van der Waals surface area (Å²) in [6, 6.07) is 8.49. The van der Waals surface area contributed by atoms with Crippen LogP contribution in [-0.4, -0.2) is 20.3 Å². The number of methoxy groups -OCH3 is 2. The van der Waals surface area contributed by atoms with Crippen LogP contribution in [0.1, 0.15) is 11.5 Å². The Hall–Kier alpha value is -2.63. The molecule has 1 aromatic carbocycles. The van der Waals surface area contributed by atoms with Gasteiger partial charge in [0.2, 0.25) is 0 Å². The van der Waals surface area contributed by atoms with Crippen molar-refractivity contribution in [3.63, 3.8) is 0 Å². The van der Waals surface area contributed by atoms with Gasteiger partial charge >= 0.3 is 6.03 Å². The topological polar surface area (TPSA) is 72.7 Å². The van der Waals surface area contributed by atoms with Crippen LogP contribution < -0.4 is 20.1 Å². The Kier molecular flexibility index (Phi) is 4.71. The summed E-state index contributed by atoms with van der Waals surface area (Å²) in [5, 5.41) is 5.43. The Bertz CT molecular complexity index is 622. The molecule has 0 bridgehead atoms. The number of carbonyl (C=O) groups excluding carboxylic acids is 1. The monoisotopic (exact) mass is 290 g/mol. The molecular weight excluding hydrogens is 272 g/mol. The highest BCUT2D eigenvalue weighted by molar-refractivity contribution is 5.91. The van der Waals surface area contributed by atoms with Crippen molar-refractivity contribution in [2.75, 3.05) is 19.5 Å². The summed E-state index contributed by atoms with van der Waals surface area (Å²) in [7, 11) is 3.10. The number of furan rings is 1. The number of aryl methyl sites for hydroxylation is 1. The molecular formula is C15H18N2O4. The van der Waals surface area contributed by atoms with E-state index in [4.69, 9.17) is 13.9 Å². The van der Waals surface area contributed by atoms with Crippen molar-refractivity contribution >= 4 is 11.7 Å². The number of nitrogens with one attached hydrogen (secondary N) is 2. The van der Waals surface area contributed by atoms with E-state index in [2.05, 4.69) is 10.6 Å². The van der Waals surface area contributed by atoms with Crippen LogP contribution in [0.4, 0.5) is 10.5 Å². The molecule has 21 heavy (non-hydrogen) atoms. The third-order valence-corrected chi connectivity index (χ3v) is 2.87. The first-order valence-electron chi connectivity index (χ1n) is 6.44. The summed E-state index contributed by atoms with van der Waals surface area (Å²) in [5.41, 5.74) is 0.532. The fourth-order valence-electron chi connectivity index (χ4n) is 1.83. The first-order chi connectivity index (χ1) is 10.1. The Labute approximate surface area is 123 Å². The number of urea groups is 1. The van der Waals surface area contributed by atoms with Crippen LogP contribution in [0, 0.1) is 6.92 Å². The molecule has 2 aromatic rings. The third kappa shape index (κ3) is 3.92. The van der Waals surface area contributed by atoms with E-state index in [1.807, 2.05) is 19.1 Å². The average molecular weight is 290 g/mol. The van der Waals surface area contributed by atoms with Gasteiger partial charge in [0.25, 0.3) is 0 Å². The first-order valence-corrected chi connectivity index (χ1v) is 6.44. The molecule has 1 aromatic heterocycles. The summed E-state index contributed by atoms with van der Waals surface area (Å²) in [5.74, 6) is 2.69. The Balaban J connectivity index is 1.98. The zero-order valence-corrected chi connectivity index (χ0v) is 12.2. The highest BCUT2D eigenvalue weighted by atomic mass is 16.5. The Morgan fingerprint density at radius 3 is 2.62 bits per heavy atom. The van der Waals surface area contributed by atoms with Gasteiger partial charge in [-0.15, -0.1) is 0 Å². The lowest BCUT2D eigenvalue weighted by Gasteiger charge is -2.12. The van der Waals surface area contributed by atoms with E-state index in [0.29, 0.717) is 29.5 Å². The normalized spacial score (nSPS) is 10.0. The summed E-state index contributed by atoms with van der Waals surface area (Å²) >= 11 is 0. The van der Waals surface area contributed by atoms with Gasteiger partial charge in [-0.3, -0.25) is 0 Å². The van der Waals surface area contributed by atoms with Gasteiger partial charge in [-0.05, 0) is 31.2 Å². The van der Waals surface area contributed by atoms with Crippen LogP contribution in [0.5, 0.6) is 11.5 Å². The number of rotatable bonds is 5. The van der Waals surface area contributed by atoms with Crippen molar-refractivity contribution in [2.24, 2.45) is 0 Å². The zero-order chi connectivity index (χ0) is 15.2. The molecule has 1 heterocycles. The predicted octanol–water partition coefficient (Wildman–Crippen LogP) is 2.93. The minimum atomic E-state index is -0.351. The standard InChI is InChI=1S/C15H18N2O4/c1-10-4-5-12(21-10)9-16-15(18)17-13-8-11(19-2)6-7-14(13)20-3/h4-8H,9H2,1-3H3,(H2,16,17,18). The minimum Gasteiger partial charge on any atom is -0.497 e. The highest BCUT2D eigenvalue weighted by Crippen LogP contribution is 2.28. The van der Waals surface area contributed by atoms with Crippen molar-refractivity contribution < 1.29 is 18.7 Å². The molecule has 2 rings (SSSR count). The minimum absolute atomic E-state index is 0.311. The molecule has 0 radical (unpaired) electrons.